The Hall–Kier alpha value is -3.66. The molecule has 31 heavy (non-hydrogen) atoms. The third-order valence-electron chi connectivity index (χ3n) is 4.39. The van der Waals surface area contributed by atoms with Crippen molar-refractivity contribution in [2.24, 2.45) is 0 Å². The molecule has 0 radical (unpaired) electrons. The smallest absolute Gasteiger partial charge is 0.247 e. The lowest BCUT2D eigenvalue weighted by Crippen LogP contribution is -2.00. The Morgan fingerprint density at radius 1 is 1.00 bits per heavy atom. The molecular weight excluding hydrogens is 416 g/mol. The maximum atomic E-state index is 5.83. The Kier molecular flexibility index (Phi) is 6.27. The molecule has 0 saturated carbocycles. The number of hydrogen-bond acceptors (Lipinski definition) is 9. The highest BCUT2D eigenvalue weighted by Crippen LogP contribution is 2.32. The van der Waals surface area contributed by atoms with Crippen LogP contribution in [0.2, 0.25) is 0 Å². The summed E-state index contributed by atoms with van der Waals surface area (Å²) >= 11 is 1.46. The predicted octanol–water partition coefficient (Wildman–Crippen LogP) is 3.89. The van der Waals surface area contributed by atoms with Crippen LogP contribution >= 0.6 is 11.8 Å². The molecule has 0 aliphatic heterocycles. The molecule has 0 spiro atoms. The van der Waals surface area contributed by atoms with E-state index in [1.165, 1.54) is 11.8 Å². The summed E-state index contributed by atoms with van der Waals surface area (Å²) in [4.78, 5) is 4.05. The third kappa shape index (κ3) is 4.43. The molecule has 1 aromatic carbocycles. The summed E-state index contributed by atoms with van der Waals surface area (Å²) in [5.41, 5.74) is 1.68. The molecule has 0 N–H and O–H groups in total. The first-order chi connectivity index (χ1) is 15.2. The first kappa shape index (κ1) is 20.6. The summed E-state index contributed by atoms with van der Waals surface area (Å²) in [5.74, 6) is 3.31. The number of methoxy groups -OCH3 is 2. The molecule has 0 atom stereocenters. The second kappa shape index (κ2) is 9.43. The van der Waals surface area contributed by atoms with Crippen LogP contribution in [0.3, 0.4) is 0 Å². The third-order valence-corrected chi connectivity index (χ3v) is 5.34. The van der Waals surface area contributed by atoms with Crippen LogP contribution in [0.4, 0.5) is 0 Å². The van der Waals surface area contributed by atoms with E-state index in [2.05, 4.69) is 32.0 Å². The van der Waals surface area contributed by atoms with E-state index in [0.717, 1.165) is 22.1 Å². The quantitative estimate of drug-likeness (QED) is 0.286. The summed E-state index contributed by atoms with van der Waals surface area (Å²) in [5, 5.41) is 17.7. The van der Waals surface area contributed by atoms with Gasteiger partial charge in [0.2, 0.25) is 11.8 Å². The van der Waals surface area contributed by atoms with Gasteiger partial charge in [-0.05, 0) is 30.3 Å². The zero-order valence-corrected chi connectivity index (χ0v) is 17.9. The Morgan fingerprint density at radius 3 is 2.55 bits per heavy atom. The zero-order chi connectivity index (χ0) is 21.6. The van der Waals surface area contributed by atoms with E-state index in [0.29, 0.717) is 35.6 Å². The lowest BCUT2D eigenvalue weighted by atomic mass is 10.2. The molecule has 4 rings (SSSR count). The number of rotatable bonds is 9. The van der Waals surface area contributed by atoms with Crippen LogP contribution in [-0.4, -0.2) is 44.2 Å². The van der Waals surface area contributed by atoms with Crippen molar-refractivity contribution in [2.45, 2.75) is 17.5 Å². The maximum Gasteiger partial charge on any atom is 0.247 e. The van der Waals surface area contributed by atoms with Crippen LogP contribution in [0, 0.1) is 0 Å². The largest absolute Gasteiger partial charge is 0.493 e. The molecule has 0 fully saturated rings. The van der Waals surface area contributed by atoms with Crippen molar-refractivity contribution in [1.29, 1.82) is 0 Å². The van der Waals surface area contributed by atoms with Gasteiger partial charge in [0.1, 0.15) is 0 Å². The molecule has 0 amide bonds. The summed E-state index contributed by atoms with van der Waals surface area (Å²) < 4.78 is 18.4. The number of nitrogens with zero attached hydrogens (tertiary/aromatic N) is 6. The SMILES string of the molecule is C=CCn1c(SCc2nnc(-c3ccc(OC)c(OC)c3)o2)nnc1-c1ccncc1. The van der Waals surface area contributed by atoms with Crippen molar-refractivity contribution in [3.05, 3.63) is 61.3 Å². The van der Waals surface area contributed by atoms with E-state index in [4.69, 9.17) is 13.9 Å². The molecule has 0 unspecified atom stereocenters. The van der Waals surface area contributed by atoms with Gasteiger partial charge in [-0.2, -0.15) is 0 Å². The highest BCUT2D eigenvalue weighted by molar-refractivity contribution is 7.98. The van der Waals surface area contributed by atoms with Crippen molar-refractivity contribution >= 4 is 11.8 Å². The molecule has 0 aliphatic carbocycles. The molecule has 0 bridgehead atoms. The van der Waals surface area contributed by atoms with E-state index >= 15 is 0 Å². The van der Waals surface area contributed by atoms with Crippen LogP contribution in [0.15, 0.2) is 65.0 Å². The number of allylic oxidation sites excluding steroid dienone is 1. The van der Waals surface area contributed by atoms with Gasteiger partial charge in [-0.3, -0.25) is 9.55 Å². The minimum Gasteiger partial charge on any atom is -0.493 e. The number of pyridine rings is 1. The maximum absolute atomic E-state index is 5.83. The van der Waals surface area contributed by atoms with Gasteiger partial charge in [0.05, 0.1) is 20.0 Å². The molecule has 4 aromatic rings. The lowest BCUT2D eigenvalue weighted by molar-refractivity contribution is 0.355. The topological polar surface area (TPSA) is 101 Å². The minimum absolute atomic E-state index is 0.404. The van der Waals surface area contributed by atoms with E-state index in [1.807, 2.05) is 22.8 Å². The van der Waals surface area contributed by atoms with Crippen molar-refractivity contribution < 1.29 is 13.9 Å². The van der Waals surface area contributed by atoms with Crippen LogP contribution in [-0.2, 0) is 12.3 Å². The molecule has 0 aliphatic rings. The van der Waals surface area contributed by atoms with Crippen molar-refractivity contribution in [2.75, 3.05) is 14.2 Å². The Bertz CT molecular complexity index is 1180. The first-order valence-corrected chi connectivity index (χ1v) is 10.3. The molecule has 0 saturated heterocycles. The van der Waals surface area contributed by atoms with Crippen LogP contribution < -0.4 is 9.47 Å². The molecule has 3 aromatic heterocycles. The van der Waals surface area contributed by atoms with Crippen molar-refractivity contribution in [3.8, 4) is 34.3 Å². The fourth-order valence-corrected chi connectivity index (χ4v) is 3.71. The number of ether oxygens (including phenoxy) is 2. The standard InChI is InChI=1S/C21H20N6O3S/c1-4-11-27-19(14-7-9-22-10-8-14)24-26-21(27)31-13-18-23-25-20(30-18)15-5-6-16(28-2)17(12-15)29-3/h4-10,12H,1,11,13H2,2-3H3. The van der Waals surface area contributed by atoms with Gasteiger partial charge in [0, 0.05) is 30.1 Å². The van der Waals surface area contributed by atoms with Crippen molar-refractivity contribution in [3.63, 3.8) is 0 Å². The molecule has 3 heterocycles. The Morgan fingerprint density at radius 2 is 1.81 bits per heavy atom. The number of thioether (sulfide) groups is 1. The molecule has 158 valence electrons. The minimum atomic E-state index is 0.404. The van der Waals surface area contributed by atoms with Gasteiger partial charge in [0.25, 0.3) is 0 Å². The van der Waals surface area contributed by atoms with Crippen LogP contribution in [0.25, 0.3) is 22.8 Å². The van der Waals surface area contributed by atoms with Gasteiger partial charge in [-0.25, -0.2) is 0 Å². The van der Waals surface area contributed by atoms with Crippen LogP contribution in [0.5, 0.6) is 11.5 Å². The Balaban J connectivity index is 1.52. The van der Waals surface area contributed by atoms with Gasteiger partial charge in [0.15, 0.2) is 22.5 Å². The normalized spacial score (nSPS) is 10.8. The summed E-state index contributed by atoms with van der Waals surface area (Å²) in [7, 11) is 3.17. The second-order valence-corrected chi connectivity index (χ2v) is 7.24. The van der Waals surface area contributed by atoms with Gasteiger partial charge < -0.3 is 13.9 Å². The summed E-state index contributed by atoms with van der Waals surface area (Å²) in [6.45, 7) is 4.41. The number of aromatic nitrogens is 6. The van der Waals surface area contributed by atoms with Crippen molar-refractivity contribution in [1.82, 2.24) is 29.9 Å². The first-order valence-electron chi connectivity index (χ1n) is 9.35. The molecule has 9 nitrogen and oxygen atoms in total. The van der Waals surface area contributed by atoms with E-state index < -0.39 is 0 Å². The van der Waals surface area contributed by atoms with Gasteiger partial charge >= 0.3 is 0 Å². The van der Waals surface area contributed by atoms with Crippen LogP contribution in [0.1, 0.15) is 5.89 Å². The predicted molar refractivity (Wildman–Crippen MR) is 116 cm³/mol. The second-order valence-electron chi connectivity index (χ2n) is 6.30. The zero-order valence-electron chi connectivity index (χ0n) is 17.1. The molecular formula is C21H20N6O3S. The average Bonchev–Trinajstić information content (AvgIpc) is 3.45. The lowest BCUT2D eigenvalue weighted by Gasteiger charge is -2.07. The summed E-state index contributed by atoms with van der Waals surface area (Å²) in [6.07, 6.45) is 5.26. The van der Waals surface area contributed by atoms with Gasteiger partial charge in [-0.1, -0.05) is 17.8 Å². The number of benzene rings is 1. The monoisotopic (exact) mass is 436 g/mol. The molecule has 10 heteroatoms. The number of hydrogen-bond donors (Lipinski definition) is 0. The van der Waals surface area contributed by atoms with E-state index in [-0.39, 0.29) is 0 Å². The van der Waals surface area contributed by atoms with Gasteiger partial charge in [-0.15, -0.1) is 27.0 Å². The van der Waals surface area contributed by atoms with E-state index in [9.17, 15) is 0 Å². The Labute approximate surface area is 183 Å². The fourth-order valence-electron chi connectivity index (χ4n) is 2.93. The summed E-state index contributed by atoms with van der Waals surface area (Å²) in [6, 6.07) is 9.22. The average molecular weight is 436 g/mol. The fraction of sp³-hybridized carbons (Fsp3) is 0.190. The highest BCUT2D eigenvalue weighted by Gasteiger charge is 2.16. The highest BCUT2D eigenvalue weighted by atomic mass is 32.2. The van der Waals surface area contributed by atoms with E-state index in [1.54, 1.807) is 44.8 Å².